The highest BCUT2D eigenvalue weighted by Gasteiger charge is 2.51. The molecular formula is C9H15F3O2. The molecule has 14 heavy (non-hydrogen) atoms. The molecule has 0 spiro atoms. The summed E-state index contributed by atoms with van der Waals surface area (Å²) in [5, 5.41) is 0. The molecule has 0 fully saturated rings. The Hall–Kier alpha value is -0.740. The zero-order valence-electron chi connectivity index (χ0n) is 8.95. The van der Waals surface area contributed by atoms with Gasteiger partial charge in [-0.3, -0.25) is 4.79 Å². The molecule has 0 aromatic rings. The second-order valence-corrected chi connectivity index (χ2v) is 4.65. The molecule has 0 unspecified atom stereocenters. The van der Waals surface area contributed by atoms with Crippen LogP contribution in [0.15, 0.2) is 0 Å². The predicted octanol–water partition coefficient (Wildman–Crippen LogP) is 2.92. The van der Waals surface area contributed by atoms with E-state index in [1.54, 1.807) is 0 Å². The van der Waals surface area contributed by atoms with Gasteiger partial charge in [-0.05, 0) is 34.6 Å². The van der Waals surface area contributed by atoms with E-state index in [1.165, 1.54) is 20.8 Å². The number of ether oxygens (including phenoxy) is 1. The van der Waals surface area contributed by atoms with Crippen LogP contribution >= 0.6 is 0 Å². The van der Waals surface area contributed by atoms with Crippen LogP contribution in [-0.2, 0) is 9.53 Å². The van der Waals surface area contributed by atoms with Crippen LogP contribution in [0.5, 0.6) is 0 Å². The standard InChI is InChI=1S/C9H15F3O2/c1-7(2,3)6(13)14-8(4,5)9(10,11)12/h1-5H3. The van der Waals surface area contributed by atoms with E-state index in [-0.39, 0.29) is 0 Å². The third kappa shape index (κ3) is 3.20. The first-order chi connectivity index (χ1) is 5.88. The van der Waals surface area contributed by atoms with Gasteiger partial charge < -0.3 is 4.74 Å². The second-order valence-electron chi connectivity index (χ2n) is 4.65. The fourth-order valence-corrected chi connectivity index (χ4v) is 0.443. The summed E-state index contributed by atoms with van der Waals surface area (Å²) in [4.78, 5) is 11.2. The van der Waals surface area contributed by atoms with Gasteiger partial charge in [0.2, 0.25) is 5.60 Å². The van der Waals surface area contributed by atoms with Gasteiger partial charge >= 0.3 is 12.1 Å². The van der Waals surface area contributed by atoms with Crippen molar-refractivity contribution in [1.82, 2.24) is 0 Å². The molecule has 0 saturated heterocycles. The number of halogens is 3. The molecule has 0 heterocycles. The summed E-state index contributed by atoms with van der Waals surface area (Å²) in [6.07, 6.45) is -4.55. The number of hydrogen-bond acceptors (Lipinski definition) is 2. The summed E-state index contributed by atoms with van der Waals surface area (Å²) >= 11 is 0. The van der Waals surface area contributed by atoms with Crippen molar-refractivity contribution >= 4 is 5.97 Å². The van der Waals surface area contributed by atoms with E-state index in [1.807, 2.05) is 0 Å². The van der Waals surface area contributed by atoms with Crippen molar-refractivity contribution in [2.75, 3.05) is 0 Å². The first-order valence-corrected chi connectivity index (χ1v) is 4.18. The maximum absolute atomic E-state index is 12.3. The molecule has 0 radical (unpaired) electrons. The molecule has 0 aromatic heterocycles. The minimum absolute atomic E-state index is 0.830. The monoisotopic (exact) mass is 212 g/mol. The maximum Gasteiger partial charge on any atom is 0.427 e. The van der Waals surface area contributed by atoms with Crippen molar-refractivity contribution in [3.63, 3.8) is 0 Å². The SMILES string of the molecule is CC(C)(C)C(=O)OC(C)(C)C(F)(F)F. The topological polar surface area (TPSA) is 26.3 Å². The van der Waals surface area contributed by atoms with Gasteiger partial charge in [-0.2, -0.15) is 13.2 Å². The van der Waals surface area contributed by atoms with Crippen molar-refractivity contribution in [2.45, 2.75) is 46.4 Å². The van der Waals surface area contributed by atoms with Crippen LogP contribution in [0.1, 0.15) is 34.6 Å². The van der Waals surface area contributed by atoms with Gasteiger partial charge in [-0.1, -0.05) is 0 Å². The van der Waals surface area contributed by atoms with E-state index in [2.05, 4.69) is 4.74 Å². The van der Waals surface area contributed by atoms with Gasteiger partial charge in [0, 0.05) is 0 Å². The van der Waals surface area contributed by atoms with E-state index >= 15 is 0 Å². The van der Waals surface area contributed by atoms with Gasteiger partial charge in [0.05, 0.1) is 5.41 Å². The van der Waals surface area contributed by atoms with Gasteiger partial charge in [0.25, 0.3) is 0 Å². The minimum atomic E-state index is -4.55. The van der Waals surface area contributed by atoms with Crippen LogP contribution in [0.3, 0.4) is 0 Å². The largest absolute Gasteiger partial charge is 0.450 e. The van der Waals surface area contributed by atoms with Crippen molar-refractivity contribution in [3.8, 4) is 0 Å². The first-order valence-electron chi connectivity index (χ1n) is 4.18. The summed E-state index contributed by atoms with van der Waals surface area (Å²) in [6, 6.07) is 0. The average molecular weight is 212 g/mol. The zero-order valence-corrected chi connectivity index (χ0v) is 8.95. The summed E-state index contributed by atoms with van der Waals surface area (Å²) in [7, 11) is 0. The Balaban J connectivity index is 4.62. The minimum Gasteiger partial charge on any atom is -0.450 e. The smallest absolute Gasteiger partial charge is 0.427 e. The molecule has 0 N–H and O–H groups in total. The van der Waals surface area contributed by atoms with Crippen LogP contribution in [-0.4, -0.2) is 17.7 Å². The third-order valence-corrected chi connectivity index (χ3v) is 1.64. The van der Waals surface area contributed by atoms with E-state index < -0.39 is 23.2 Å². The van der Waals surface area contributed by atoms with Crippen LogP contribution in [0.2, 0.25) is 0 Å². The van der Waals surface area contributed by atoms with Crippen molar-refractivity contribution < 1.29 is 22.7 Å². The summed E-state index contributed by atoms with van der Waals surface area (Å²) in [5.74, 6) is -0.861. The Morgan fingerprint density at radius 2 is 1.36 bits per heavy atom. The molecule has 0 aromatic carbocycles. The number of alkyl halides is 3. The quantitative estimate of drug-likeness (QED) is 0.624. The highest BCUT2D eigenvalue weighted by molar-refractivity contribution is 5.75. The maximum atomic E-state index is 12.3. The lowest BCUT2D eigenvalue weighted by Gasteiger charge is -2.30. The summed E-state index contributed by atoms with van der Waals surface area (Å²) in [5.41, 5.74) is -3.36. The molecule has 2 nitrogen and oxygen atoms in total. The Labute approximate surface area is 81.4 Å². The summed E-state index contributed by atoms with van der Waals surface area (Å²) < 4.78 is 41.3. The highest BCUT2D eigenvalue weighted by atomic mass is 19.4. The Morgan fingerprint density at radius 1 is 1.00 bits per heavy atom. The van der Waals surface area contributed by atoms with Gasteiger partial charge in [-0.15, -0.1) is 0 Å². The molecule has 0 aliphatic carbocycles. The number of rotatable bonds is 1. The molecule has 0 atom stereocenters. The van der Waals surface area contributed by atoms with Crippen LogP contribution in [0.4, 0.5) is 13.2 Å². The fourth-order valence-electron chi connectivity index (χ4n) is 0.443. The molecule has 0 amide bonds. The molecule has 0 rings (SSSR count). The molecular weight excluding hydrogens is 197 g/mol. The molecule has 5 heteroatoms. The van der Waals surface area contributed by atoms with Crippen LogP contribution in [0.25, 0.3) is 0 Å². The third-order valence-electron chi connectivity index (χ3n) is 1.64. The van der Waals surface area contributed by atoms with E-state index in [4.69, 9.17) is 0 Å². The van der Waals surface area contributed by atoms with Gasteiger partial charge in [-0.25, -0.2) is 0 Å². The van der Waals surface area contributed by atoms with Gasteiger partial charge in [0.1, 0.15) is 0 Å². The average Bonchev–Trinajstić information content (AvgIpc) is 1.80. The van der Waals surface area contributed by atoms with Gasteiger partial charge in [0.15, 0.2) is 0 Å². The first kappa shape index (κ1) is 13.3. The number of hydrogen-bond donors (Lipinski definition) is 0. The Morgan fingerprint density at radius 3 is 1.57 bits per heavy atom. The Kier molecular flexibility index (Phi) is 3.26. The molecule has 0 bridgehead atoms. The predicted molar refractivity (Wildman–Crippen MR) is 45.7 cm³/mol. The van der Waals surface area contributed by atoms with E-state index in [0.717, 1.165) is 13.8 Å². The zero-order chi connectivity index (χ0) is 11.8. The lowest BCUT2D eigenvalue weighted by molar-refractivity contribution is -0.260. The lowest BCUT2D eigenvalue weighted by Crippen LogP contribution is -2.45. The van der Waals surface area contributed by atoms with Crippen LogP contribution < -0.4 is 0 Å². The van der Waals surface area contributed by atoms with Crippen LogP contribution in [0, 0.1) is 5.41 Å². The Bertz CT molecular complexity index is 223. The number of esters is 1. The van der Waals surface area contributed by atoms with Crippen molar-refractivity contribution in [1.29, 1.82) is 0 Å². The highest BCUT2D eigenvalue weighted by Crippen LogP contribution is 2.34. The molecule has 0 saturated carbocycles. The van der Waals surface area contributed by atoms with Crippen molar-refractivity contribution in [3.05, 3.63) is 0 Å². The fraction of sp³-hybridized carbons (Fsp3) is 0.889. The van der Waals surface area contributed by atoms with E-state index in [0.29, 0.717) is 0 Å². The molecule has 0 aliphatic rings. The number of carbonyl (C=O) groups excluding carboxylic acids is 1. The lowest BCUT2D eigenvalue weighted by atomic mass is 9.96. The normalized spacial score (nSPS) is 14.0. The van der Waals surface area contributed by atoms with E-state index in [9.17, 15) is 18.0 Å². The molecule has 84 valence electrons. The molecule has 0 aliphatic heterocycles. The summed E-state index contributed by atoms with van der Waals surface area (Å²) in [6.45, 7) is 6.17. The second kappa shape index (κ2) is 3.44. The van der Waals surface area contributed by atoms with Crippen molar-refractivity contribution in [2.24, 2.45) is 5.41 Å². The number of carbonyl (C=O) groups is 1.